The number of rotatable bonds is 10. The molecule has 130 valence electrons. The van der Waals surface area contributed by atoms with E-state index in [0.717, 1.165) is 39.0 Å². The molecule has 2 N–H and O–H groups in total. The first kappa shape index (κ1) is 21.5. The molecule has 1 aliphatic rings. The highest BCUT2D eigenvalue weighted by Crippen LogP contribution is 2.11. The van der Waals surface area contributed by atoms with Crippen molar-refractivity contribution in [3.8, 4) is 0 Å². The number of amides is 2. The molecule has 8 heteroatoms. The van der Waals surface area contributed by atoms with Crippen LogP contribution in [0.2, 0.25) is 0 Å². The number of halogens is 1. The second kappa shape index (κ2) is 14.1. The molecule has 0 atom stereocenters. The fourth-order valence-corrected chi connectivity index (χ4v) is 2.85. The van der Waals surface area contributed by atoms with Crippen LogP contribution in [0.1, 0.15) is 19.3 Å². The van der Waals surface area contributed by atoms with Crippen LogP contribution in [0.15, 0.2) is 0 Å². The van der Waals surface area contributed by atoms with Gasteiger partial charge in [0.25, 0.3) is 0 Å². The molecular weight excluding hydrogens is 326 g/mol. The zero-order chi connectivity index (χ0) is 15.3. The molecule has 1 rings (SSSR count). The molecule has 0 saturated carbocycles. The summed E-state index contributed by atoms with van der Waals surface area (Å²) >= 11 is 1.39. The van der Waals surface area contributed by atoms with E-state index < -0.39 is 0 Å². The number of carbonyl (C=O) groups excluding carboxylic acids is 2. The predicted molar refractivity (Wildman–Crippen MR) is 92.8 cm³/mol. The fraction of sp³-hybridized carbons (Fsp3) is 0.857. The van der Waals surface area contributed by atoms with Gasteiger partial charge in [0.2, 0.25) is 11.8 Å². The van der Waals surface area contributed by atoms with Gasteiger partial charge in [-0.1, -0.05) is 0 Å². The molecule has 0 aromatic rings. The van der Waals surface area contributed by atoms with Gasteiger partial charge in [-0.3, -0.25) is 9.59 Å². The minimum absolute atomic E-state index is 0. The van der Waals surface area contributed by atoms with Gasteiger partial charge in [-0.25, -0.2) is 0 Å². The number of thioether (sulfide) groups is 1. The van der Waals surface area contributed by atoms with Crippen molar-refractivity contribution < 1.29 is 14.3 Å². The van der Waals surface area contributed by atoms with Crippen LogP contribution >= 0.6 is 24.2 Å². The lowest BCUT2D eigenvalue weighted by Crippen LogP contribution is -2.37. The molecular formula is C14H28ClN3O3S. The zero-order valence-corrected chi connectivity index (χ0v) is 14.9. The summed E-state index contributed by atoms with van der Waals surface area (Å²) in [6, 6.07) is 0. The SMILES string of the molecule is COCCNCCNC(=O)CSCC(=O)N1CCCCC1.Cl. The van der Waals surface area contributed by atoms with E-state index >= 15 is 0 Å². The lowest BCUT2D eigenvalue weighted by atomic mass is 10.1. The highest BCUT2D eigenvalue weighted by molar-refractivity contribution is 8.00. The van der Waals surface area contributed by atoms with Gasteiger partial charge in [-0.05, 0) is 19.3 Å². The van der Waals surface area contributed by atoms with Gasteiger partial charge in [0.05, 0.1) is 18.1 Å². The first-order valence-corrected chi connectivity index (χ1v) is 8.71. The van der Waals surface area contributed by atoms with Crippen molar-refractivity contribution in [2.24, 2.45) is 0 Å². The van der Waals surface area contributed by atoms with Crippen molar-refractivity contribution in [3.63, 3.8) is 0 Å². The molecule has 6 nitrogen and oxygen atoms in total. The van der Waals surface area contributed by atoms with Crippen LogP contribution in [-0.2, 0) is 14.3 Å². The van der Waals surface area contributed by atoms with Gasteiger partial charge >= 0.3 is 0 Å². The fourth-order valence-electron chi connectivity index (χ4n) is 2.11. The summed E-state index contributed by atoms with van der Waals surface area (Å²) in [5, 5.41) is 5.98. The third-order valence-electron chi connectivity index (χ3n) is 3.27. The van der Waals surface area contributed by atoms with Crippen molar-refractivity contribution in [3.05, 3.63) is 0 Å². The Labute approximate surface area is 143 Å². The monoisotopic (exact) mass is 353 g/mol. The average Bonchev–Trinajstić information content (AvgIpc) is 2.51. The summed E-state index contributed by atoms with van der Waals surface area (Å²) in [5.74, 6) is 0.894. The Kier molecular flexibility index (Phi) is 13.8. The Morgan fingerprint density at radius 3 is 2.50 bits per heavy atom. The minimum Gasteiger partial charge on any atom is -0.383 e. The van der Waals surface area contributed by atoms with E-state index in [1.807, 2.05) is 4.90 Å². The average molecular weight is 354 g/mol. The summed E-state index contributed by atoms with van der Waals surface area (Å²) in [4.78, 5) is 25.4. The van der Waals surface area contributed by atoms with E-state index in [-0.39, 0.29) is 24.2 Å². The molecule has 0 aromatic heterocycles. The first-order chi connectivity index (χ1) is 10.2. The predicted octanol–water partition coefficient (Wildman–Crippen LogP) is 0.506. The second-order valence-electron chi connectivity index (χ2n) is 5.03. The molecule has 1 fully saturated rings. The molecule has 1 aliphatic heterocycles. The topological polar surface area (TPSA) is 70.7 Å². The van der Waals surface area contributed by atoms with Gasteiger partial charge in [0, 0.05) is 39.8 Å². The van der Waals surface area contributed by atoms with Crippen LogP contribution < -0.4 is 10.6 Å². The van der Waals surface area contributed by atoms with E-state index in [0.29, 0.717) is 24.7 Å². The number of piperidine rings is 1. The number of methoxy groups -OCH3 is 1. The van der Waals surface area contributed by atoms with Crippen molar-refractivity contribution >= 4 is 36.0 Å². The second-order valence-corrected chi connectivity index (χ2v) is 6.01. The summed E-state index contributed by atoms with van der Waals surface area (Å²) < 4.78 is 4.91. The number of likely N-dealkylation sites (tertiary alicyclic amines) is 1. The molecule has 0 aromatic carbocycles. The first-order valence-electron chi connectivity index (χ1n) is 7.56. The van der Waals surface area contributed by atoms with E-state index in [1.165, 1.54) is 18.2 Å². The lowest BCUT2D eigenvalue weighted by molar-refractivity contribution is -0.129. The molecule has 0 spiro atoms. The van der Waals surface area contributed by atoms with E-state index in [4.69, 9.17) is 4.74 Å². The Bertz CT molecular complexity index is 316. The molecule has 1 saturated heterocycles. The quantitative estimate of drug-likeness (QED) is 0.560. The minimum atomic E-state index is -0.0139. The lowest BCUT2D eigenvalue weighted by Gasteiger charge is -2.26. The Morgan fingerprint density at radius 1 is 1.09 bits per heavy atom. The van der Waals surface area contributed by atoms with Gasteiger partial charge in [-0.2, -0.15) is 0 Å². The van der Waals surface area contributed by atoms with Crippen LogP contribution in [0.3, 0.4) is 0 Å². The molecule has 1 heterocycles. The molecule has 0 unspecified atom stereocenters. The van der Waals surface area contributed by atoms with Gasteiger partial charge in [0.15, 0.2) is 0 Å². The van der Waals surface area contributed by atoms with Crippen molar-refractivity contribution in [1.29, 1.82) is 0 Å². The Morgan fingerprint density at radius 2 is 1.82 bits per heavy atom. The van der Waals surface area contributed by atoms with E-state index in [1.54, 1.807) is 7.11 Å². The zero-order valence-electron chi connectivity index (χ0n) is 13.3. The summed E-state index contributed by atoms with van der Waals surface area (Å²) in [5.41, 5.74) is 0. The number of nitrogens with zero attached hydrogens (tertiary/aromatic N) is 1. The maximum atomic E-state index is 11.9. The van der Waals surface area contributed by atoms with Crippen molar-refractivity contribution in [2.45, 2.75) is 19.3 Å². The van der Waals surface area contributed by atoms with Crippen LogP contribution in [-0.4, -0.2) is 74.7 Å². The third kappa shape index (κ3) is 10.3. The normalized spacial score (nSPS) is 14.3. The third-order valence-corrected chi connectivity index (χ3v) is 4.19. The van der Waals surface area contributed by atoms with E-state index in [9.17, 15) is 9.59 Å². The largest absolute Gasteiger partial charge is 0.383 e. The Hall–Kier alpha value is -0.500. The number of hydrogen-bond acceptors (Lipinski definition) is 5. The number of ether oxygens (including phenoxy) is 1. The van der Waals surface area contributed by atoms with Crippen LogP contribution in [0.25, 0.3) is 0 Å². The number of nitrogens with one attached hydrogen (secondary N) is 2. The van der Waals surface area contributed by atoms with Crippen LogP contribution in [0, 0.1) is 0 Å². The maximum absolute atomic E-state index is 11.9. The van der Waals surface area contributed by atoms with E-state index in [2.05, 4.69) is 10.6 Å². The smallest absolute Gasteiger partial charge is 0.232 e. The van der Waals surface area contributed by atoms with Crippen molar-refractivity contribution in [1.82, 2.24) is 15.5 Å². The van der Waals surface area contributed by atoms with Crippen LogP contribution in [0.4, 0.5) is 0 Å². The maximum Gasteiger partial charge on any atom is 0.232 e. The number of hydrogen-bond donors (Lipinski definition) is 2. The van der Waals surface area contributed by atoms with Gasteiger partial charge < -0.3 is 20.3 Å². The molecule has 0 radical (unpaired) electrons. The number of carbonyl (C=O) groups is 2. The van der Waals surface area contributed by atoms with Gasteiger partial charge in [0.1, 0.15) is 0 Å². The molecule has 2 amide bonds. The standard InChI is InChI=1S/C14H27N3O3S.ClH/c1-20-10-7-15-5-6-16-13(18)11-21-12-14(19)17-8-3-2-4-9-17;/h15H,2-12H2,1H3,(H,16,18);1H. The van der Waals surface area contributed by atoms with Crippen LogP contribution in [0.5, 0.6) is 0 Å². The highest BCUT2D eigenvalue weighted by atomic mass is 35.5. The summed E-state index contributed by atoms with van der Waals surface area (Å²) in [6.45, 7) is 4.53. The van der Waals surface area contributed by atoms with Crippen molar-refractivity contribution in [2.75, 3.05) is 57.9 Å². The van der Waals surface area contributed by atoms with Gasteiger partial charge in [-0.15, -0.1) is 24.2 Å². The molecule has 0 bridgehead atoms. The summed E-state index contributed by atoms with van der Waals surface area (Å²) in [7, 11) is 1.66. The summed E-state index contributed by atoms with van der Waals surface area (Å²) in [6.07, 6.45) is 3.43. The Balaban J connectivity index is 0.00000441. The highest BCUT2D eigenvalue weighted by Gasteiger charge is 2.16. The molecule has 22 heavy (non-hydrogen) atoms. The molecule has 0 aliphatic carbocycles.